The highest BCUT2D eigenvalue weighted by atomic mass is 16.6. The molecule has 51 heavy (non-hydrogen) atoms. The Bertz CT molecular complexity index is 1250. The van der Waals surface area contributed by atoms with Gasteiger partial charge >= 0.3 is 12.1 Å². The van der Waals surface area contributed by atoms with Gasteiger partial charge in [-0.25, -0.2) is 9.59 Å². The molecule has 13 atom stereocenters. The smallest absolute Gasteiger partial charge is 0.410 e. The van der Waals surface area contributed by atoms with E-state index in [0.717, 1.165) is 44.9 Å². The maximum atomic E-state index is 14.0. The molecule has 0 spiro atoms. The van der Waals surface area contributed by atoms with Crippen LogP contribution in [0.3, 0.4) is 0 Å². The Labute approximate surface area is 310 Å². The number of aliphatic hydroxyl groups excluding tert-OH is 1. The first-order valence-electron chi connectivity index (χ1n) is 19.9. The maximum absolute atomic E-state index is 14.0. The van der Waals surface area contributed by atoms with Crippen LogP contribution in [0, 0.1) is 51.8 Å². The summed E-state index contributed by atoms with van der Waals surface area (Å²) in [7, 11) is 3.45. The summed E-state index contributed by atoms with van der Waals surface area (Å²) in [6, 6.07) is -0.761. The molecule has 0 bridgehead atoms. The highest BCUT2D eigenvalue weighted by Gasteiger charge is 2.66. The van der Waals surface area contributed by atoms with Crippen molar-refractivity contribution in [2.75, 3.05) is 14.2 Å². The minimum Gasteiger partial charge on any atom is -0.460 e. The van der Waals surface area contributed by atoms with Crippen LogP contribution in [0.15, 0.2) is 0 Å². The molecular formula is C42H75NO8. The lowest BCUT2D eigenvalue weighted by atomic mass is 9.39. The summed E-state index contributed by atoms with van der Waals surface area (Å²) >= 11 is 0. The molecule has 0 aromatic rings. The van der Waals surface area contributed by atoms with Crippen molar-refractivity contribution in [1.82, 2.24) is 4.90 Å². The topological polar surface area (TPSA) is 115 Å². The number of fused-ring (bicyclic) bond motifs is 3. The van der Waals surface area contributed by atoms with E-state index >= 15 is 0 Å². The first-order chi connectivity index (χ1) is 23.2. The van der Waals surface area contributed by atoms with Crippen LogP contribution in [0.1, 0.15) is 142 Å². The Morgan fingerprint density at radius 1 is 0.922 bits per heavy atom. The molecule has 3 saturated carbocycles. The third-order valence-electron chi connectivity index (χ3n) is 14.8. The zero-order valence-corrected chi connectivity index (χ0v) is 35.1. The molecule has 1 amide bonds. The Morgan fingerprint density at radius 2 is 1.53 bits per heavy atom. The lowest BCUT2D eigenvalue weighted by molar-refractivity contribution is -0.244. The van der Waals surface area contributed by atoms with Crippen LogP contribution in [-0.2, 0) is 23.7 Å². The molecule has 3 aliphatic carbocycles. The Kier molecular flexibility index (Phi) is 11.9. The third-order valence-corrected chi connectivity index (χ3v) is 14.8. The summed E-state index contributed by atoms with van der Waals surface area (Å²) in [6.07, 6.45) is 4.53. The van der Waals surface area contributed by atoms with Gasteiger partial charge in [0.1, 0.15) is 17.7 Å². The number of hydrogen-bond donors (Lipinski definition) is 2. The fourth-order valence-electron chi connectivity index (χ4n) is 12.2. The van der Waals surface area contributed by atoms with Gasteiger partial charge in [0, 0.05) is 25.5 Å². The van der Waals surface area contributed by atoms with Crippen molar-refractivity contribution in [2.45, 2.75) is 189 Å². The zero-order valence-electron chi connectivity index (χ0n) is 35.1. The van der Waals surface area contributed by atoms with Crippen LogP contribution < -0.4 is 0 Å². The van der Waals surface area contributed by atoms with E-state index in [4.69, 9.17) is 18.9 Å². The minimum absolute atomic E-state index is 0.0115. The molecule has 4 rings (SSSR count). The van der Waals surface area contributed by atoms with Crippen molar-refractivity contribution in [3.63, 3.8) is 0 Å². The lowest BCUT2D eigenvalue weighted by Gasteiger charge is -2.67. The maximum Gasteiger partial charge on any atom is 0.410 e. The van der Waals surface area contributed by atoms with Gasteiger partial charge in [0.25, 0.3) is 0 Å². The SMILES string of the molecule is COC1CC2C(C)C(C)(C(C(C)O)C3(C)CCC(C(C)(C)O)O3)CCC2(C)C2CCC(OC(=O)C(C(C)C)N(C)C(=O)OC(C)(C)C)C(C)(C)C12. The molecular weight excluding hydrogens is 646 g/mol. The predicted molar refractivity (Wildman–Crippen MR) is 200 cm³/mol. The molecule has 0 radical (unpaired) electrons. The van der Waals surface area contributed by atoms with E-state index in [0.29, 0.717) is 17.8 Å². The quantitative estimate of drug-likeness (QED) is 0.230. The molecule has 13 unspecified atom stereocenters. The van der Waals surface area contributed by atoms with E-state index in [2.05, 4.69) is 41.5 Å². The fourth-order valence-corrected chi connectivity index (χ4v) is 12.2. The molecule has 1 saturated heterocycles. The number of rotatable bonds is 9. The molecule has 296 valence electrons. The summed E-state index contributed by atoms with van der Waals surface area (Å²) in [6.45, 7) is 28.8. The van der Waals surface area contributed by atoms with Gasteiger partial charge in [-0.3, -0.25) is 4.90 Å². The van der Waals surface area contributed by atoms with Gasteiger partial charge in [-0.1, -0.05) is 48.5 Å². The van der Waals surface area contributed by atoms with E-state index in [-0.39, 0.29) is 58.3 Å². The Morgan fingerprint density at radius 3 is 2.02 bits per heavy atom. The number of ether oxygens (including phenoxy) is 4. The molecule has 0 aromatic heterocycles. The predicted octanol–water partition coefficient (Wildman–Crippen LogP) is 8.03. The van der Waals surface area contributed by atoms with E-state index in [1.54, 1.807) is 7.05 Å². The Hall–Kier alpha value is -1.42. The second kappa shape index (κ2) is 14.3. The number of carbonyl (C=O) groups is 2. The van der Waals surface area contributed by atoms with E-state index < -0.39 is 35.0 Å². The second-order valence-electron chi connectivity index (χ2n) is 20.5. The van der Waals surface area contributed by atoms with E-state index in [9.17, 15) is 19.8 Å². The van der Waals surface area contributed by atoms with Crippen LogP contribution >= 0.6 is 0 Å². The molecule has 4 aliphatic rings. The van der Waals surface area contributed by atoms with Gasteiger partial charge in [-0.2, -0.15) is 0 Å². The summed E-state index contributed by atoms with van der Waals surface area (Å²) < 4.78 is 25.2. The minimum atomic E-state index is -0.938. The number of methoxy groups -OCH3 is 1. The number of aliphatic hydroxyl groups is 2. The number of hydrogen-bond acceptors (Lipinski definition) is 8. The van der Waals surface area contributed by atoms with Crippen molar-refractivity contribution >= 4 is 12.1 Å². The van der Waals surface area contributed by atoms with Crippen molar-refractivity contribution in [1.29, 1.82) is 0 Å². The molecule has 9 nitrogen and oxygen atoms in total. The normalized spacial score (nSPS) is 40.1. The number of esters is 1. The molecule has 1 aliphatic heterocycles. The van der Waals surface area contributed by atoms with Gasteiger partial charge in [0.05, 0.1) is 29.5 Å². The van der Waals surface area contributed by atoms with Gasteiger partial charge in [0.15, 0.2) is 0 Å². The summed E-state index contributed by atoms with van der Waals surface area (Å²) in [5.41, 5.74) is -2.63. The monoisotopic (exact) mass is 722 g/mol. The highest BCUT2D eigenvalue weighted by molar-refractivity contribution is 5.81. The van der Waals surface area contributed by atoms with Crippen LogP contribution in [0.5, 0.6) is 0 Å². The molecule has 4 fully saturated rings. The van der Waals surface area contributed by atoms with E-state index in [1.807, 2.05) is 62.5 Å². The standard InChI is InChI=1S/C42H75NO8/c1-24(2)33(43(15)36(46)51-37(5,6)7)35(45)49-30-18-17-27-32(38(30,8)9)29(48-16)23-28-25(3)40(12,21-22-41(27,28)13)34(26(4)44)42(14)20-19-31(50-42)39(10,11)47/h24-34,44,47H,17-23H2,1-16H3. The van der Waals surface area contributed by atoms with Gasteiger partial charge < -0.3 is 29.2 Å². The van der Waals surface area contributed by atoms with Crippen LogP contribution in [-0.4, -0.2) is 88.6 Å². The first-order valence-corrected chi connectivity index (χ1v) is 19.9. The van der Waals surface area contributed by atoms with Crippen LogP contribution in [0.25, 0.3) is 0 Å². The second-order valence-corrected chi connectivity index (χ2v) is 20.5. The van der Waals surface area contributed by atoms with E-state index in [1.165, 1.54) is 4.90 Å². The average molecular weight is 722 g/mol. The van der Waals surface area contributed by atoms with Crippen molar-refractivity contribution in [2.24, 2.45) is 51.8 Å². The summed E-state index contributed by atoms with van der Waals surface area (Å²) in [5, 5.41) is 22.4. The van der Waals surface area contributed by atoms with Crippen LogP contribution in [0.2, 0.25) is 0 Å². The number of likely N-dealkylation sites (N-methyl/N-ethyl adjacent to an activating group) is 1. The zero-order chi connectivity index (χ0) is 38.9. The van der Waals surface area contributed by atoms with Crippen LogP contribution in [0.4, 0.5) is 4.79 Å². The van der Waals surface area contributed by atoms with Crippen molar-refractivity contribution in [3.05, 3.63) is 0 Å². The molecule has 1 heterocycles. The lowest BCUT2D eigenvalue weighted by Crippen LogP contribution is -2.65. The molecule has 2 N–H and O–H groups in total. The summed E-state index contributed by atoms with van der Waals surface area (Å²) in [4.78, 5) is 28.4. The largest absolute Gasteiger partial charge is 0.460 e. The van der Waals surface area contributed by atoms with Crippen molar-refractivity contribution in [3.8, 4) is 0 Å². The number of nitrogens with zero attached hydrogens (tertiary/aromatic N) is 1. The number of carbonyl (C=O) groups excluding carboxylic acids is 2. The molecule has 0 aromatic carbocycles. The Balaban J connectivity index is 1.60. The first kappa shape index (κ1) is 42.3. The fraction of sp³-hybridized carbons (Fsp3) is 0.952. The molecule has 9 heteroatoms. The average Bonchev–Trinajstić information content (AvgIpc) is 3.38. The third kappa shape index (κ3) is 7.76. The van der Waals surface area contributed by atoms with Gasteiger partial charge in [-0.15, -0.1) is 0 Å². The number of amides is 1. The highest BCUT2D eigenvalue weighted by Crippen LogP contribution is 2.69. The van der Waals surface area contributed by atoms with Gasteiger partial charge in [0.2, 0.25) is 0 Å². The van der Waals surface area contributed by atoms with Crippen molar-refractivity contribution < 1.29 is 38.7 Å². The summed E-state index contributed by atoms with van der Waals surface area (Å²) in [5.74, 6) is 0.609. The van der Waals surface area contributed by atoms with Gasteiger partial charge in [-0.05, 0) is 134 Å².